The van der Waals surface area contributed by atoms with Gasteiger partial charge in [-0.05, 0) is 18.6 Å². The average Bonchev–Trinajstić information content (AvgIpc) is 2.61. The molecule has 0 aromatic carbocycles. The van der Waals surface area contributed by atoms with Crippen LogP contribution in [0.3, 0.4) is 0 Å². The van der Waals surface area contributed by atoms with Gasteiger partial charge in [0, 0.05) is 32.0 Å². The molecule has 0 saturated heterocycles. The third-order valence-electron chi connectivity index (χ3n) is 2.38. The quantitative estimate of drug-likeness (QED) is 0.769. The van der Waals surface area contributed by atoms with Crippen molar-refractivity contribution in [3.05, 3.63) is 30.4 Å². The molecule has 0 bridgehead atoms. The highest BCUT2D eigenvalue weighted by Crippen LogP contribution is 2.12. The van der Waals surface area contributed by atoms with Crippen molar-refractivity contribution in [1.29, 1.82) is 0 Å². The lowest BCUT2D eigenvalue weighted by atomic mass is 10.3. The minimum absolute atomic E-state index is 0.768. The first-order valence-electron chi connectivity index (χ1n) is 5.01. The molecule has 2 aromatic heterocycles. The molecular formula is C11H15N3O. The summed E-state index contributed by atoms with van der Waals surface area (Å²) in [5.74, 6) is 1.06. The Bertz CT molecular complexity index is 450. The summed E-state index contributed by atoms with van der Waals surface area (Å²) in [6.45, 7) is 0.768. The number of aryl methyl sites for hydroxylation is 1. The summed E-state index contributed by atoms with van der Waals surface area (Å²) >= 11 is 0. The Morgan fingerprint density at radius 1 is 1.53 bits per heavy atom. The van der Waals surface area contributed by atoms with Crippen LogP contribution in [0.25, 0.3) is 5.52 Å². The molecule has 0 aliphatic carbocycles. The van der Waals surface area contributed by atoms with E-state index in [4.69, 9.17) is 10.5 Å². The number of pyridine rings is 1. The molecule has 80 valence electrons. The predicted molar refractivity (Wildman–Crippen MR) is 59.8 cm³/mol. The van der Waals surface area contributed by atoms with E-state index in [0.717, 1.165) is 36.5 Å². The van der Waals surface area contributed by atoms with Gasteiger partial charge in [0.2, 0.25) is 0 Å². The Balaban J connectivity index is 2.21. The molecule has 4 nitrogen and oxygen atoms in total. The van der Waals surface area contributed by atoms with Gasteiger partial charge in [-0.25, -0.2) is 4.98 Å². The van der Waals surface area contributed by atoms with E-state index < -0.39 is 0 Å². The Morgan fingerprint density at radius 2 is 2.40 bits per heavy atom. The molecule has 0 fully saturated rings. The second-order valence-electron chi connectivity index (χ2n) is 3.53. The number of aromatic nitrogens is 2. The molecule has 2 rings (SSSR count). The van der Waals surface area contributed by atoms with Crippen LogP contribution < -0.4 is 5.73 Å². The maximum atomic E-state index is 5.69. The van der Waals surface area contributed by atoms with Gasteiger partial charge in [-0.2, -0.15) is 0 Å². The van der Waals surface area contributed by atoms with Crippen molar-refractivity contribution in [2.45, 2.75) is 12.8 Å². The van der Waals surface area contributed by atoms with E-state index in [9.17, 15) is 0 Å². The Hall–Kier alpha value is -1.55. The first-order valence-corrected chi connectivity index (χ1v) is 5.01. The average molecular weight is 205 g/mol. The number of methoxy groups -OCH3 is 1. The number of nitrogens with two attached hydrogens (primary N) is 1. The maximum Gasteiger partial charge on any atom is 0.113 e. The van der Waals surface area contributed by atoms with Gasteiger partial charge in [0.05, 0.1) is 11.7 Å². The highest BCUT2D eigenvalue weighted by Gasteiger charge is 2.02. The van der Waals surface area contributed by atoms with Crippen molar-refractivity contribution >= 4 is 11.2 Å². The summed E-state index contributed by atoms with van der Waals surface area (Å²) in [7, 11) is 1.71. The van der Waals surface area contributed by atoms with Crippen LogP contribution in [-0.4, -0.2) is 23.1 Å². The summed E-state index contributed by atoms with van der Waals surface area (Å²) in [6.07, 6.45) is 5.71. The van der Waals surface area contributed by atoms with Crippen LogP contribution in [0.5, 0.6) is 0 Å². The minimum Gasteiger partial charge on any atom is -0.399 e. The van der Waals surface area contributed by atoms with Crippen LogP contribution >= 0.6 is 0 Å². The molecule has 0 atom stereocenters. The molecule has 2 aromatic rings. The number of ether oxygens (including phenoxy) is 1. The monoisotopic (exact) mass is 205 g/mol. The van der Waals surface area contributed by atoms with E-state index in [-0.39, 0.29) is 0 Å². The van der Waals surface area contributed by atoms with Gasteiger partial charge >= 0.3 is 0 Å². The second kappa shape index (κ2) is 4.31. The van der Waals surface area contributed by atoms with Crippen LogP contribution in [0.15, 0.2) is 24.5 Å². The number of nitrogen functional groups attached to an aromatic ring is 1. The lowest BCUT2D eigenvalue weighted by Crippen LogP contribution is -1.98. The molecule has 0 spiro atoms. The third-order valence-corrected chi connectivity index (χ3v) is 2.38. The molecule has 0 radical (unpaired) electrons. The van der Waals surface area contributed by atoms with Crippen molar-refractivity contribution < 1.29 is 4.74 Å². The third kappa shape index (κ3) is 2.10. The van der Waals surface area contributed by atoms with Gasteiger partial charge in [0.15, 0.2) is 0 Å². The number of hydrogen-bond donors (Lipinski definition) is 1. The summed E-state index contributed by atoms with van der Waals surface area (Å²) in [5.41, 5.74) is 7.51. The molecule has 0 saturated carbocycles. The molecule has 2 N–H and O–H groups in total. The van der Waals surface area contributed by atoms with E-state index in [2.05, 4.69) is 9.38 Å². The van der Waals surface area contributed by atoms with Crippen molar-refractivity contribution in [2.75, 3.05) is 19.5 Å². The van der Waals surface area contributed by atoms with Gasteiger partial charge in [0.25, 0.3) is 0 Å². The number of nitrogens with zero attached hydrogens (tertiary/aromatic N) is 2. The van der Waals surface area contributed by atoms with Crippen molar-refractivity contribution in [3.63, 3.8) is 0 Å². The lowest BCUT2D eigenvalue weighted by Gasteiger charge is -2.01. The zero-order chi connectivity index (χ0) is 10.7. The first kappa shape index (κ1) is 9.98. The van der Waals surface area contributed by atoms with Gasteiger partial charge in [-0.3, -0.25) is 0 Å². The topological polar surface area (TPSA) is 52.5 Å². The number of fused-ring (bicyclic) bond motifs is 1. The van der Waals surface area contributed by atoms with Gasteiger partial charge in [0.1, 0.15) is 5.82 Å². The molecule has 2 heterocycles. The number of hydrogen-bond acceptors (Lipinski definition) is 3. The first-order chi connectivity index (χ1) is 7.31. The molecular weight excluding hydrogens is 190 g/mol. The van der Waals surface area contributed by atoms with E-state index in [0.29, 0.717) is 0 Å². The van der Waals surface area contributed by atoms with Crippen LogP contribution in [0.1, 0.15) is 12.2 Å². The smallest absolute Gasteiger partial charge is 0.113 e. The number of rotatable bonds is 4. The normalized spacial score (nSPS) is 11.0. The summed E-state index contributed by atoms with van der Waals surface area (Å²) in [6, 6.07) is 3.81. The molecule has 0 aliphatic heterocycles. The fourth-order valence-corrected chi connectivity index (χ4v) is 1.63. The van der Waals surface area contributed by atoms with Crippen LogP contribution in [0.4, 0.5) is 5.69 Å². The van der Waals surface area contributed by atoms with Crippen molar-refractivity contribution in [1.82, 2.24) is 9.38 Å². The number of imidazole rings is 1. The van der Waals surface area contributed by atoms with Crippen LogP contribution in [0, 0.1) is 0 Å². The predicted octanol–water partition coefficient (Wildman–Crippen LogP) is 1.50. The van der Waals surface area contributed by atoms with Gasteiger partial charge < -0.3 is 14.9 Å². The van der Waals surface area contributed by atoms with Gasteiger partial charge in [-0.1, -0.05) is 0 Å². The fourth-order valence-electron chi connectivity index (χ4n) is 1.63. The van der Waals surface area contributed by atoms with E-state index in [1.165, 1.54) is 0 Å². The zero-order valence-corrected chi connectivity index (χ0v) is 8.81. The minimum atomic E-state index is 0.768. The lowest BCUT2D eigenvalue weighted by molar-refractivity contribution is 0.194. The fraction of sp³-hybridized carbons (Fsp3) is 0.364. The molecule has 15 heavy (non-hydrogen) atoms. The summed E-state index contributed by atoms with van der Waals surface area (Å²) < 4.78 is 7.08. The molecule has 4 heteroatoms. The Morgan fingerprint density at radius 3 is 3.20 bits per heavy atom. The highest BCUT2D eigenvalue weighted by atomic mass is 16.5. The summed E-state index contributed by atoms with van der Waals surface area (Å²) in [5, 5.41) is 0. The highest BCUT2D eigenvalue weighted by molar-refractivity contribution is 5.55. The molecule has 0 unspecified atom stereocenters. The van der Waals surface area contributed by atoms with E-state index in [1.807, 2.05) is 24.5 Å². The SMILES string of the molecule is COCCCc1ncc2cc(N)ccn12. The Labute approximate surface area is 88.7 Å². The zero-order valence-electron chi connectivity index (χ0n) is 8.81. The van der Waals surface area contributed by atoms with Crippen molar-refractivity contribution in [3.8, 4) is 0 Å². The van der Waals surface area contributed by atoms with Crippen molar-refractivity contribution in [2.24, 2.45) is 0 Å². The van der Waals surface area contributed by atoms with Crippen LogP contribution in [-0.2, 0) is 11.2 Å². The summed E-state index contributed by atoms with van der Waals surface area (Å²) in [4.78, 5) is 4.36. The van der Waals surface area contributed by atoms with Crippen LogP contribution in [0.2, 0.25) is 0 Å². The Kier molecular flexibility index (Phi) is 2.87. The second-order valence-corrected chi connectivity index (χ2v) is 3.53. The van der Waals surface area contributed by atoms with Gasteiger partial charge in [-0.15, -0.1) is 0 Å². The van der Waals surface area contributed by atoms with E-state index >= 15 is 0 Å². The molecule has 0 aliphatic rings. The molecule has 0 amide bonds. The maximum absolute atomic E-state index is 5.69. The van der Waals surface area contributed by atoms with E-state index in [1.54, 1.807) is 7.11 Å². The number of anilines is 1. The largest absolute Gasteiger partial charge is 0.399 e. The standard InChI is InChI=1S/C11H15N3O/c1-15-6-2-3-11-13-8-10-7-9(12)4-5-14(10)11/h4-5,7-8H,2-3,6,12H2,1H3.